The second-order valence-corrected chi connectivity index (χ2v) is 9.48. The van der Waals surface area contributed by atoms with Crippen LogP contribution in [0.25, 0.3) is 22.6 Å². The molecule has 0 spiro atoms. The van der Waals surface area contributed by atoms with Crippen molar-refractivity contribution in [3.05, 3.63) is 47.9 Å². The van der Waals surface area contributed by atoms with Crippen molar-refractivity contribution in [3.8, 4) is 34.1 Å². The molecule has 0 saturated heterocycles. The Hall–Kier alpha value is -2.86. The maximum Gasteiger partial charge on any atom is 0.231 e. The molecule has 3 saturated carbocycles. The van der Waals surface area contributed by atoms with Crippen LogP contribution in [0.2, 0.25) is 0 Å². The molecule has 0 radical (unpaired) electrons. The largest absolute Gasteiger partial charge is 0.454 e. The minimum Gasteiger partial charge on any atom is -0.454 e. The molecule has 1 aromatic carbocycles. The maximum atomic E-state index is 9.92. The zero-order chi connectivity index (χ0) is 21.1. The predicted octanol–water partition coefficient (Wildman–Crippen LogP) is 4.76. The molecule has 3 fully saturated rings. The molecule has 3 aliphatic carbocycles. The highest BCUT2D eigenvalue weighted by Gasteiger charge is 2.50. The van der Waals surface area contributed by atoms with E-state index in [2.05, 4.69) is 4.98 Å². The number of pyridine rings is 1. The molecule has 2 bridgehead atoms. The van der Waals surface area contributed by atoms with Crippen LogP contribution in [0.5, 0.6) is 11.5 Å². The van der Waals surface area contributed by atoms with E-state index in [1.807, 2.05) is 43.3 Å². The van der Waals surface area contributed by atoms with Gasteiger partial charge in [-0.1, -0.05) is 6.07 Å². The third kappa shape index (κ3) is 2.96. The molecule has 6 heteroatoms. The van der Waals surface area contributed by atoms with Gasteiger partial charge in [0.05, 0.1) is 17.1 Å². The Labute approximate surface area is 181 Å². The number of hydrogen-bond donors (Lipinski definition) is 2. The first-order valence-electron chi connectivity index (χ1n) is 11.2. The van der Waals surface area contributed by atoms with Gasteiger partial charge in [-0.15, -0.1) is 0 Å². The van der Waals surface area contributed by atoms with E-state index in [4.69, 9.17) is 19.4 Å². The summed E-state index contributed by atoms with van der Waals surface area (Å²) >= 11 is 0. The van der Waals surface area contributed by atoms with E-state index >= 15 is 0 Å². The number of imidazole rings is 1. The van der Waals surface area contributed by atoms with Crippen LogP contribution in [0, 0.1) is 12.3 Å². The zero-order valence-corrected chi connectivity index (χ0v) is 17.8. The topological polar surface area (TPSA) is 80.3 Å². The first-order chi connectivity index (χ1) is 15.1. The number of benzene rings is 1. The fourth-order valence-corrected chi connectivity index (χ4v) is 5.60. The number of nitrogens with zero attached hydrogens (tertiary/aromatic N) is 2. The molecule has 1 aliphatic heterocycles. The monoisotopic (exact) mass is 417 g/mol. The smallest absolute Gasteiger partial charge is 0.231 e. The van der Waals surface area contributed by atoms with E-state index < -0.39 is 0 Å². The fourth-order valence-electron chi connectivity index (χ4n) is 5.60. The van der Waals surface area contributed by atoms with Gasteiger partial charge in [-0.25, -0.2) is 4.98 Å². The second-order valence-electron chi connectivity index (χ2n) is 9.48. The average Bonchev–Trinajstić information content (AvgIpc) is 3.47. The first kappa shape index (κ1) is 18.9. The van der Waals surface area contributed by atoms with Gasteiger partial charge < -0.3 is 19.6 Å². The van der Waals surface area contributed by atoms with Gasteiger partial charge in [0.25, 0.3) is 0 Å². The van der Waals surface area contributed by atoms with Crippen LogP contribution >= 0.6 is 0 Å². The van der Waals surface area contributed by atoms with Crippen LogP contribution in [0.1, 0.15) is 50.0 Å². The highest BCUT2D eigenvalue weighted by molar-refractivity contribution is 5.78. The zero-order valence-electron chi connectivity index (χ0n) is 17.8. The molecule has 0 amide bonds. The summed E-state index contributed by atoms with van der Waals surface area (Å²) in [5, 5.41) is 9.92. The molecule has 4 aliphatic rings. The van der Waals surface area contributed by atoms with E-state index in [1.54, 1.807) is 0 Å². The number of nitrogens with one attached hydrogen (secondary N) is 1. The lowest BCUT2D eigenvalue weighted by Crippen LogP contribution is -2.46. The SMILES string of the molecule is Cc1cccc(-c2[nH]c(C34CCC(CO)(CC3)CC4)nc2-c2ccc3c(c2)OCO3)n1. The molecular weight excluding hydrogens is 390 g/mol. The molecule has 2 aromatic heterocycles. The van der Waals surface area contributed by atoms with E-state index in [0.29, 0.717) is 6.61 Å². The molecule has 0 unspecified atom stereocenters. The van der Waals surface area contributed by atoms with Gasteiger partial charge in [0.2, 0.25) is 6.79 Å². The van der Waals surface area contributed by atoms with E-state index in [0.717, 1.165) is 84.2 Å². The molecule has 7 rings (SSSR count). The summed E-state index contributed by atoms with van der Waals surface area (Å²) in [5.41, 5.74) is 4.93. The Bertz CT molecular complexity index is 1130. The van der Waals surface area contributed by atoms with Gasteiger partial charge in [-0.05, 0) is 81.2 Å². The fraction of sp³-hybridized carbons (Fsp3) is 0.440. The Kier molecular flexibility index (Phi) is 4.15. The predicted molar refractivity (Wildman–Crippen MR) is 117 cm³/mol. The molecule has 2 N–H and O–H groups in total. The average molecular weight is 418 g/mol. The summed E-state index contributed by atoms with van der Waals surface area (Å²) in [6.07, 6.45) is 6.43. The van der Waals surface area contributed by atoms with Crippen LogP contribution in [-0.2, 0) is 5.41 Å². The van der Waals surface area contributed by atoms with Gasteiger partial charge in [-0.2, -0.15) is 0 Å². The van der Waals surface area contributed by atoms with Crippen LogP contribution in [-0.4, -0.2) is 33.5 Å². The van der Waals surface area contributed by atoms with Gasteiger partial charge in [0.15, 0.2) is 11.5 Å². The minimum absolute atomic E-state index is 0.0596. The number of aromatic amines is 1. The number of fused-ring (bicyclic) bond motifs is 4. The van der Waals surface area contributed by atoms with Crippen molar-refractivity contribution >= 4 is 0 Å². The Morgan fingerprint density at radius 2 is 1.74 bits per heavy atom. The molecular formula is C25H27N3O3. The van der Waals surface area contributed by atoms with E-state index in [9.17, 15) is 5.11 Å². The lowest BCUT2D eigenvalue weighted by atomic mass is 9.54. The quantitative estimate of drug-likeness (QED) is 0.640. The molecule has 6 nitrogen and oxygen atoms in total. The Morgan fingerprint density at radius 3 is 2.48 bits per heavy atom. The summed E-state index contributed by atoms with van der Waals surface area (Å²) in [6.45, 7) is 2.57. The van der Waals surface area contributed by atoms with E-state index in [1.165, 1.54) is 0 Å². The maximum absolute atomic E-state index is 9.92. The van der Waals surface area contributed by atoms with E-state index in [-0.39, 0.29) is 17.6 Å². The molecule has 3 heterocycles. The lowest BCUT2D eigenvalue weighted by molar-refractivity contribution is -0.00950. The number of aryl methyl sites for hydroxylation is 1. The van der Waals surface area contributed by atoms with Crippen molar-refractivity contribution in [1.82, 2.24) is 15.0 Å². The second kappa shape index (κ2) is 6.82. The highest BCUT2D eigenvalue weighted by atomic mass is 16.7. The number of aromatic nitrogens is 3. The summed E-state index contributed by atoms with van der Waals surface area (Å²) < 4.78 is 11.1. The molecule has 3 aromatic rings. The lowest BCUT2D eigenvalue weighted by Gasteiger charge is -2.52. The van der Waals surface area contributed by atoms with Crippen molar-refractivity contribution < 1.29 is 14.6 Å². The van der Waals surface area contributed by atoms with Crippen molar-refractivity contribution in [1.29, 1.82) is 0 Å². The normalized spacial score (nSPS) is 26.4. The highest BCUT2D eigenvalue weighted by Crippen LogP contribution is 2.57. The van der Waals surface area contributed by atoms with Gasteiger partial charge in [-0.3, -0.25) is 4.98 Å². The van der Waals surface area contributed by atoms with Crippen LogP contribution < -0.4 is 9.47 Å². The summed E-state index contributed by atoms with van der Waals surface area (Å²) in [7, 11) is 0. The first-order valence-corrected chi connectivity index (χ1v) is 11.2. The van der Waals surface area contributed by atoms with Crippen LogP contribution in [0.4, 0.5) is 0 Å². The van der Waals surface area contributed by atoms with Crippen molar-refractivity contribution in [2.45, 2.75) is 50.9 Å². The van der Waals surface area contributed by atoms with Crippen LogP contribution in [0.3, 0.4) is 0 Å². The Morgan fingerprint density at radius 1 is 0.968 bits per heavy atom. The van der Waals surface area contributed by atoms with Crippen LogP contribution in [0.15, 0.2) is 36.4 Å². The molecule has 31 heavy (non-hydrogen) atoms. The number of H-pyrrole nitrogens is 1. The number of aliphatic hydroxyl groups excluding tert-OH is 1. The molecule has 160 valence electrons. The molecule has 0 atom stereocenters. The minimum atomic E-state index is 0.0596. The van der Waals surface area contributed by atoms with Crippen molar-refractivity contribution in [3.63, 3.8) is 0 Å². The number of hydrogen-bond acceptors (Lipinski definition) is 5. The third-order valence-corrected chi connectivity index (χ3v) is 7.73. The van der Waals surface area contributed by atoms with Crippen molar-refractivity contribution in [2.75, 3.05) is 13.4 Å². The van der Waals surface area contributed by atoms with Gasteiger partial charge >= 0.3 is 0 Å². The van der Waals surface area contributed by atoms with Crippen molar-refractivity contribution in [2.24, 2.45) is 5.41 Å². The number of rotatable bonds is 4. The summed E-state index contributed by atoms with van der Waals surface area (Å²) in [5.74, 6) is 2.59. The summed E-state index contributed by atoms with van der Waals surface area (Å²) in [4.78, 5) is 13.7. The number of ether oxygens (including phenoxy) is 2. The number of aliphatic hydroxyl groups is 1. The van der Waals surface area contributed by atoms with Gasteiger partial charge in [0, 0.05) is 23.3 Å². The standard InChI is InChI=1S/C25H27N3O3/c1-16-3-2-4-18(26-16)22-21(17-5-6-19-20(13-17)31-15-30-19)27-23(28-22)25-10-7-24(14-29,8-11-25)9-12-25/h2-6,13,29H,7-12,14-15H2,1H3,(H,27,28). The third-order valence-electron chi connectivity index (χ3n) is 7.73. The summed E-state index contributed by atoms with van der Waals surface area (Å²) in [6, 6.07) is 12.1. The van der Waals surface area contributed by atoms with Gasteiger partial charge in [0.1, 0.15) is 5.82 Å². The Balaban J connectivity index is 1.47.